The van der Waals surface area contributed by atoms with E-state index in [1.807, 2.05) is 12.1 Å². The molecule has 0 saturated carbocycles. The van der Waals surface area contributed by atoms with Crippen LogP contribution in [0.2, 0.25) is 0 Å². The molecule has 0 heterocycles. The van der Waals surface area contributed by atoms with Crippen molar-refractivity contribution in [3.63, 3.8) is 0 Å². The summed E-state index contributed by atoms with van der Waals surface area (Å²) in [5, 5.41) is 3.19. The van der Waals surface area contributed by atoms with Crippen LogP contribution in [0.3, 0.4) is 0 Å². The second-order valence-corrected chi connectivity index (χ2v) is 6.97. The number of unbranched alkanes of at least 4 members (excludes halogenated alkanes) is 2. The van der Waals surface area contributed by atoms with Gasteiger partial charge in [0.2, 0.25) is 10.0 Å². The van der Waals surface area contributed by atoms with Crippen LogP contribution in [0.25, 0.3) is 0 Å². The minimum absolute atomic E-state index is 0.368. The Hall–Kier alpha value is -1.07. The van der Waals surface area contributed by atoms with E-state index >= 15 is 0 Å². The zero-order valence-electron chi connectivity index (χ0n) is 12.7. The van der Waals surface area contributed by atoms with E-state index in [1.165, 1.54) is 4.31 Å². The van der Waals surface area contributed by atoms with E-state index in [-0.39, 0.29) is 0 Å². The topological polar surface area (TPSA) is 49.4 Å². The predicted molar refractivity (Wildman–Crippen MR) is 84.6 cm³/mol. The Morgan fingerprint density at radius 1 is 1.10 bits per heavy atom. The van der Waals surface area contributed by atoms with E-state index in [1.54, 1.807) is 19.2 Å². The number of nitrogens with zero attached hydrogens (tertiary/aromatic N) is 1. The standard InChI is InChI=1S/C15H26N2O2S/c1-4-6-9-13-17(3)20(18,19)15-11-8-7-10-14(15)16-12-5-2/h7-8,10-11,16H,4-6,9,12-13H2,1-3H3. The molecule has 0 atom stereocenters. The fourth-order valence-electron chi connectivity index (χ4n) is 1.97. The van der Waals surface area contributed by atoms with Crippen molar-refractivity contribution in [2.24, 2.45) is 0 Å². The van der Waals surface area contributed by atoms with Gasteiger partial charge in [-0.2, -0.15) is 0 Å². The van der Waals surface area contributed by atoms with E-state index in [2.05, 4.69) is 19.2 Å². The molecule has 0 radical (unpaired) electrons. The van der Waals surface area contributed by atoms with Gasteiger partial charge in [-0.25, -0.2) is 12.7 Å². The number of benzene rings is 1. The van der Waals surface area contributed by atoms with Crippen LogP contribution in [0.15, 0.2) is 29.2 Å². The third-order valence-corrected chi connectivity index (χ3v) is 5.13. The Kier molecular flexibility index (Phi) is 7.02. The molecule has 5 heteroatoms. The highest BCUT2D eigenvalue weighted by molar-refractivity contribution is 7.89. The van der Waals surface area contributed by atoms with Crippen LogP contribution in [0.1, 0.15) is 39.5 Å². The summed E-state index contributed by atoms with van der Waals surface area (Å²) in [5.74, 6) is 0. The van der Waals surface area contributed by atoms with Crippen LogP contribution in [-0.4, -0.2) is 32.9 Å². The zero-order chi connectivity index (χ0) is 15.0. The van der Waals surface area contributed by atoms with Crippen molar-refractivity contribution in [2.75, 3.05) is 25.5 Å². The van der Waals surface area contributed by atoms with Crippen molar-refractivity contribution in [2.45, 2.75) is 44.4 Å². The fourth-order valence-corrected chi connectivity index (χ4v) is 3.34. The number of para-hydroxylation sites is 1. The molecule has 1 aromatic carbocycles. The average Bonchev–Trinajstić information content (AvgIpc) is 2.45. The Bertz CT molecular complexity index is 500. The monoisotopic (exact) mass is 298 g/mol. The molecule has 0 aromatic heterocycles. The van der Waals surface area contributed by atoms with Crippen LogP contribution in [0, 0.1) is 0 Å². The van der Waals surface area contributed by atoms with E-state index in [4.69, 9.17) is 0 Å². The van der Waals surface area contributed by atoms with Gasteiger partial charge in [0.15, 0.2) is 0 Å². The largest absolute Gasteiger partial charge is 0.384 e. The summed E-state index contributed by atoms with van der Waals surface area (Å²) in [6, 6.07) is 7.12. The molecule has 0 saturated heterocycles. The lowest BCUT2D eigenvalue weighted by Crippen LogP contribution is -2.28. The number of hydrogen-bond acceptors (Lipinski definition) is 3. The van der Waals surface area contributed by atoms with Crippen molar-refractivity contribution in [1.82, 2.24) is 4.31 Å². The molecule has 0 bridgehead atoms. The van der Waals surface area contributed by atoms with Crippen molar-refractivity contribution < 1.29 is 8.42 Å². The van der Waals surface area contributed by atoms with Gasteiger partial charge in [0.25, 0.3) is 0 Å². The van der Waals surface area contributed by atoms with E-state index in [0.717, 1.165) is 32.2 Å². The van der Waals surface area contributed by atoms with Gasteiger partial charge in [0.05, 0.1) is 5.69 Å². The van der Waals surface area contributed by atoms with E-state index < -0.39 is 10.0 Å². The molecule has 0 aliphatic carbocycles. The third kappa shape index (κ3) is 4.49. The van der Waals surface area contributed by atoms with Crippen molar-refractivity contribution in [3.8, 4) is 0 Å². The van der Waals surface area contributed by atoms with Gasteiger partial charge in [-0.05, 0) is 25.0 Å². The second kappa shape index (κ2) is 8.27. The molecular formula is C15H26N2O2S. The lowest BCUT2D eigenvalue weighted by atomic mass is 10.2. The Labute approximate surface area is 123 Å². The number of hydrogen-bond donors (Lipinski definition) is 1. The maximum Gasteiger partial charge on any atom is 0.244 e. The van der Waals surface area contributed by atoms with Crippen LogP contribution < -0.4 is 5.32 Å². The first-order chi connectivity index (χ1) is 9.54. The summed E-state index contributed by atoms with van der Waals surface area (Å²) in [6.45, 7) is 5.50. The molecule has 1 rings (SSSR count). The van der Waals surface area contributed by atoms with Crippen LogP contribution in [0.5, 0.6) is 0 Å². The highest BCUT2D eigenvalue weighted by Gasteiger charge is 2.23. The quantitative estimate of drug-likeness (QED) is 0.712. The summed E-state index contributed by atoms with van der Waals surface area (Å²) in [7, 11) is -1.76. The number of sulfonamides is 1. The van der Waals surface area contributed by atoms with Crippen LogP contribution in [-0.2, 0) is 10.0 Å². The zero-order valence-corrected chi connectivity index (χ0v) is 13.5. The molecular weight excluding hydrogens is 272 g/mol. The smallest absolute Gasteiger partial charge is 0.244 e. The van der Waals surface area contributed by atoms with Crippen LogP contribution in [0.4, 0.5) is 5.69 Å². The minimum Gasteiger partial charge on any atom is -0.384 e. The van der Waals surface area contributed by atoms with Crippen molar-refractivity contribution >= 4 is 15.7 Å². The molecule has 0 aliphatic heterocycles. The first kappa shape index (κ1) is 17.0. The minimum atomic E-state index is -3.41. The summed E-state index contributed by atoms with van der Waals surface area (Å²) in [6.07, 6.45) is 4.00. The Morgan fingerprint density at radius 3 is 2.45 bits per heavy atom. The number of rotatable bonds is 9. The first-order valence-corrected chi connectivity index (χ1v) is 8.77. The molecule has 114 valence electrons. The average molecular weight is 298 g/mol. The molecule has 1 aromatic rings. The van der Waals surface area contributed by atoms with Gasteiger partial charge in [-0.3, -0.25) is 0 Å². The molecule has 0 fully saturated rings. The molecule has 0 unspecified atom stereocenters. The second-order valence-electron chi connectivity index (χ2n) is 4.96. The van der Waals surface area contributed by atoms with Crippen molar-refractivity contribution in [1.29, 1.82) is 0 Å². The summed E-state index contributed by atoms with van der Waals surface area (Å²) >= 11 is 0. The SMILES string of the molecule is CCCCCN(C)S(=O)(=O)c1ccccc1NCCC. The highest BCUT2D eigenvalue weighted by Crippen LogP contribution is 2.24. The van der Waals surface area contributed by atoms with Crippen LogP contribution >= 0.6 is 0 Å². The maximum atomic E-state index is 12.6. The third-order valence-electron chi connectivity index (χ3n) is 3.22. The Morgan fingerprint density at radius 2 is 1.80 bits per heavy atom. The van der Waals surface area contributed by atoms with E-state index in [9.17, 15) is 8.42 Å². The summed E-state index contributed by atoms with van der Waals surface area (Å²) < 4.78 is 26.6. The molecule has 1 N–H and O–H groups in total. The summed E-state index contributed by atoms with van der Waals surface area (Å²) in [4.78, 5) is 0.368. The lowest BCUT2D eigenvalue weighted by molar-refractivity contribution is 0.454. The van der Waals surface area contributed by atoms with Gasteiger partial charge in [-0.1, -0.05) is 38.8 Å². The van der Waals surface area contributed by atoms with Gasteiger partial charge < -0.3 is 5.32 Å². The fraction of sp³-hybridized carbons (Fsp3) is 0.600. The van der Waals surface area contributed by atoms with E-state index in [0.29, 0.717) is 17.1 Å². The van der Waals surface area contributed by atoms with Gasteiger partial charge in [0, 0.05) is 20.1 Å². The number of anilines is 1. The normalized spacial score (nSPS) is 11.8. The maximum absolute atomic E-state index is 12.6. The van der Waals surface area contributed by atoms with Crippen molar-refractivity contribution in [3.05, 3.63) is 24.3 Å². The molecule has 0 amide bonds. The molecule has 0 spiro atoms. The molecule has 20 heavy (non-hydrogen) atoms. The van der Waals surface area contributed by atoms with Gasteiger partial charge in [0.1, 0.15) is 4.90 Å². The predicted octanol–water partition coefficient (Wildman–Crippen LogP) is 3.32. The molecule has 0 aliphatic rings. The summed E-state index contributed by atoms with van der Waals surface area (Å²) in [5.41, 5.74) is 0.691. The lowest BCUT2D eigenvalue weighted by Gasteiger charge is -2.19. The number of nitrogens with one attached hydrogen (secondary N) is 1. The van der Waals surface area contributed by atoms with Gasteiger partial charge >= 0.3 is 0 Å². The Balaban J connectivity index is 2.90. The highest BCUT2D eigenvalue weighted by atomic mass is 32.2. The van der Waals surface area contributed by atoms with Gasteiger partial charge in [-0.15, -0.1) is 0 Å². The first-order valence-electron chi connectivity index (χ1n) is 7.33. The molecule has 4 nitrogen and oxygen atoms in total.